The van der Waals surface area contributed by atoms with Crippen LogP contribution in [-0.2, 0) is 16.0 Å². The number of nitrogens with zero attached hydrogens (tertiary/aromatic N) is 1. The van der Waals surface area contributed by atoms with Gasteiger partial charge in [0, 0.05) is 16.6 Å². The minimum absolute atomic E-state index is 0.0608. The maximum absolute atomic E-state index is 13.2. The number of hydrogen-bond acceptors (Lipinski definition) is 5. The van der Waals surface area contributed by atoms with Crippen molar-refractivity contribution >= 4 is 28.7 Å². The van der Waals surface area contributed by atoms with Crippen molar-refractivity contribution in [3.05, 3.63) is 59.3 Å². The lowest BCUT2D eigenvalue weighted by Crippen LogP contribution is -2.50. The third-order valence-corrected chi connectivity index (χ3v) is 5.18. The van der Waals surface area contributed by atoms with E-state index >= 15 is 0 Å². The van der Waals surface area contributed by atoms with Gasteiger partial charge in [0.1, 0.15) is 17.0 Å². The van der Waals surface area contributed by atoms with E-state index < -0.39 is 35.4 Å². The lowest BCUT2D eigenvalue weighted by molar-refractivity contribution is -0.274. The number of aliphatic carboxylic acids is 1. The molecule has 0 saturated carbocycles. The molecule has 0 unspecified atom stereocenters. The number of aromatic hydroxyl groups is 1. The van der Waals surface area contributed by atoms with Crippen LogP contribution in [0.1, 0.15) is 35.5 Å². The first-order chi connectivity index (χ1) is 15.7. The molecule has 0 bridgehead atoms. The maximum Gasteiger partial charge on any atom is 0.573 e. The predicted octanol–water partition coefficient (Wildman–Crippen LogP) is 3.76. The van der Waals surface area contributed by atoms with Gasteiger partial charge in [-0.15, -0.1) is 13.2 Å². The van der Waals surface area contributed by atoms with Crippen LogP contribution >= 0.6 is 0 Å². The van der Waals surface area contributed by atoms with Crippen LogP contribution in [0.2, 0.25) is 0 Å². The van der Waals surface area contributed by atoms with E-state index in [1.54, 1.807) is 6.92 Å². The lowest BCUT2D eigenvalue weighted by Gasteiger charge is -2.21. The second kappa shape index (κ2) is 8.73. The molecule has 0 atom stereocenters. The predicted molar refractivity (Wildman–Crippen MR) is 115 cm³/mol. The summed E-state index contributed by atoms with van der Waals surface area (Å²) in [6.45, 7) is 4.22. The molecule has 1 heterocycles. The summed E-state index contributed by atoms with van der Waals surface area (Å²) in [7, 11) is 0. The molecule has 1 amide bonds. The quantitative estimate of drug-likeness (QED) is 0.497. The highest BCUT2D eigenvalue weighted by molar-refractivity contribution is 6.05. The van der Waals surface area contributed by atoms with Gasteiger partial charge < -0.3 is 20.3 Å². The van der Waals surface area contributed by atoms with E-state index in [0.717, 1.165) is 12.1 Å². The number of rotatable bonds is 6. The molecule has 0 radical (unpaired) electrons. The van der Waals surface area contributed by atoms with Crippen LogP contribution in [0.15, 0.2) is 42.5 Å². The Morgan fingerprint density at radius 1 is 1.06 bits per heavy atom. The number of ether oxygens (including phenoxy) is 1. The van der Waals surface area contributed by atoms with Gasteiger partial charge in [0.25, 0.3) is 5.91 Å². The Labute approximate surface area is 191 Å². The van der Waals surface area contributed by atoms with Gasteiger partial charge in [-0.05, 0) is 68.8 Å². The monoisotopic (exact) mass is 478 g/mol. The first-order valence-corrected chi connectivity index (χ1v) is 9.97. The fourth-order valence-corrected chi connectivity index (χ4v) is 3.49. The van der Waals surface area contributed by atoms with Crippen molar-refractivity contribution in [1.82, 2.24) is 9.88 Å². The third kappa shape index (κ3) is 5.13. The number of aromatic nitrogens is 1. The Kier molecular flexibility index (Phi) is 6.32. The summed E-state index contributed by atoms with van der Waals surface area (Å²) in [5, 5.41) is 22.0. The van der Waals surface area contributed by atoms with Gasteiger partial charge in [0.15, 0.2) is 0 Å². The van der Waals surface area contributed by atoms with Crippen LogP contribution < -0.4 is 10.1 Å². The topological polar surface area (TPSA) is 118 Å². The van der Waals surface area contributed by atoms with Gasteiger partial charge in [-0.2, -0.15) is 0 Å². The molecule has 34 heavy (non-hydrogen) atoms. The van der Waals surface area contributed by atoms with Crippen molar-refractivity contribution in [2.24, 2.45) is 0 Å². The third-order valence-electron chi connectivity index (χ3n) is 5.18. The number of phenols is 1. The smallest absolute Gasteiger partial charge is 0.508 e. The van der Waals surface area contributed by atoms with Crippen LogP contribution in [0.25, 0.3) is 10.9 Å². The summed E-state index contributed by atoms with van der Waals surface area (Å²) in [6.07, 6.45) is -5.15. The number of benzene rings is 2. The Morgan fingerprint density at radius 3 is 2.24 bits per heavy atom. The van der Waals surface area contributed by atoms with Crippen LogP contribution in [0, 0.1) is 6.92 Å². The molecule has 8 nitrogen and oxygen atoms in total. The molecule has 3 aromatic rings. The number of halogens is 3. The number of hydrogen-bond donors (Lipinski definition) is 3. The molecule has 2 aromatic carbocycles. The SMILES string of the molecule is Cc1c(CC(=O)NC(C)(C)C(=O)O)c2cc(O)ccc2n1C(=O)c1ccc(OC(F)(F)F)cc1. The van der Waals surface area contributed by atoms with E-state index in [9.17, 15) is 37.8 Å². The zero-order valence-electron chi connectivity index (χ0n) is 18.4. The molecule has 0 aliphatic rings. The molecule has 0 saturated heterocycles. The number of alkyl halides is 3. The summed E-state index contributed by atoms with van der Waals surface area (Å²) < 4.78 is 42.3. The number of amides is 1. The molecular weight excluding hydrogens is 457 g/mol. The normalized spacial score (nSPS) is 11.9. The molecule has 0 spiro atoms. The average molecular weight is 478 g/mol. The van der Waals surface area contributed by atoms with Crippen molar-refractivity contribution in [1.29, 1.82) is 0 Å². The number of carbonyl (C=O) groups excluding carboxylic acids is 2. The Hall–Kier alpha value is -4.02. The largest absolute Gasteiger partial charge is 0.573 e. The molecule has 0 aliphatic heterocycles. The number of carboxylic acid groups (broad SMARTS) is 1. The summed E-state index contributed by atoms with van der Waals surface area (Å²) in [5.41, 5.74) is -0.372. The molecule has 0 fully saturated rings. The number of fused-ring (bicyclic) bond motifs is 1. The highest BCUT2D eigenvalue weighted by Crippen LogP contribution is 2.31. The summed E-state index contributed by atoms with van der Waals surface area (Å²) in [6, 6.07) is 8.57. The Balaban J connectivity index is 2.01. The fourth-order valence-electron chi connectivity index (χ4n) is 3.49. The fraction of sp³-hybridized carbons (Fsp3) is 0.261. The van der Waals surface area contributed by atoms with Crippen LogP contribution in [0.4, 0.5) is 13.2 Å². The highest BCUT2D eigenvalue weighted by Gasteiger charge is 2.32. The van der Waals surface area contributed by atoms with Gasteiger partial charge in [0.05, 0.1) is 11.9 Å². The van der Waals surface area contributed by atoms with Crippen molar-refractivity contribution < 1.29 is 42.5 Å². The average Bonchev–Trinajstić information content (AvgIpc) is 2.97. The van der Waals surface area contributed by atoms with Gasteiger partial charge >= 0.3 is 12.3 Å². The maximum atomic E-state index is 13.2. The van der Waals surface area contributed by atoms with E-state index in [4.69, 9.17) is 0 Å². The lowest BCUT2D eigenvalue weighted by atomic mass is 10.0. The van der Waals surface area contributed by atoms with Gasteiger partial charge in [-0.25, -0.2) is 4.79 Å². The summed E-state index contributed by atoms with van der Waals surface area (Å²) in [4.78, 5) is 37.1. The van der Waals surface area contributed by atoms with Gasteiger partial charge in [-0.3, -0.25) is 14.2 Å². The zero-order valence-corrected chi connectivity index (χ0v) is 18.4. The Morgan fingerprint density at radius 2 is 1.68 bits per heavy atom. The molecule has 11 heteroatoms. The second-order valence-corrected chi connectivity index (χ2v) is 8.13. The van der Waals surface area contributed by atoms with Crippen molar-refractivity contribution in [2.45, 2.75) is 39.1 Å². The van der Waals surface area contributed by atoms with E-state index in [-0.39, 0.29) is 17.7 Å². The standard InChI is InChI=1S/C23H21F3N2O6/c1-12-16(11-19(30)27-22(2,3)21(32)33)17-10-14(29)6-9-18(17)28(12)20(31)13-4-7-15(8-5-13)34-23(24,25)26/h4-10,29H,11H2,1-3H3,(H,27,30)(H,32,33). The van der Waals surface area contributed by atoms with Crippen LogP contribution in [0.5, 0.6) is 11.5 Å². The first-order valence-electron chi connectivity index (χ1n) is 9.97. The van der Waals surface area contributed by atoms with E-state index in [1.807, 2.05) is 0 Å². The minimum Gasteiger partial charge on any atom is -0.508 e. The number of phenolic OH excluding ortho intramolecular Hbond substituents is 1. The minimum atomic E-state index is -4.87. The first kappa shape index (κ1) is 24.6. The Bertz CT molecular complexity index is 1280. The summed E-state index contributed by atoms with van der Waals surface area (Å²) in [5.74, 6) is -3.02. The van der Waals surface area contributed by atoms with Gasteiger partial charge in [-0.1, -0.05) is 0 Å². The summed E-state index contributed by atoms with van der Waals surface area (Å²) >= 11 is 0. The van der Waals surface area contributed by atoms with Gasteiger partial charge in [0.2, 0.25) is 5.91 Å². The molecule has 1 aromatic heterocycles. The van der Waals surface area contributed by atoms with E-state index in [0.29, 0.717) is 22.2 Å². The van der Waals surface area contributed by atoms with Crippen molar-refractivity contribution in [2.75, 3.05) is 0 Å². The molecule has 3 N–H and O–H groups in total. The van der Waals surface area contributed by atoms with Crippen LogP contribution in [-0.4, -0.2) is 44.5 Å². The molecular formula is C23H21F3N2O6. The molecule has 0 aliphatic carbocycles. The number of carboxylic acids is 1. The number of nitrogens with one attached hydrogen (secondary N) is 1. The van der Waals surface area contributed by atoms with E-state index in [1.165, 1.54) is 48.7 Å². The zero-order chi connectivity index (χ0) is 25.4. The second-order valence-electron chi connectivity index (χ2n) is 8.13. The highest BCUT2D eigenvalue weighted by atomic mass is 19.4. The van der Waals surface area contributed by atoms with Crippen molar-refractivity contribution in [3.8, 4) is 11.5 Å². The van der Waals surface area contributed by atoms with Crippen LogP contribution in [0.3, 0.4) is 0 Å². The molecule has 180 valence electrons. The molecule has 3 rings (SSSR count). The number of carbonyl (C=O) groups is 3. The van der Waals surface area contributed by atoms with E-state index in [2.05, 4.69) is 10.1 Å². The van der Waals surface area contributed by atoms with Crippen molar-refractivity contribution in [3.63, 3.8) is 0 Å².